The maximum absolute atomic E-state index is 13.7. The van der Waals surface area contributed by atoms with Crippen LogP contribution < -0.4 is 5.32 Å². The van der Waals surface area contributed by atoms with E-state index in [1.54, 1.807) is 6.07 Å². The van der Waals surface area contributed by atoms with Crippen molar-refractivity contribution in [3.05, 3.63) is 36.0 Å². The van der Waals surface area contributed by atoms with Gasteiger partial charge in [0.25, 0.3) is 0 Å². The van der Waals surface area contributed by atoms with Gasteiger partial charge in [-0.2, -0.15) is 0 Å². The van der Waals surface area contributed by atoms with Crippen LogP contribution in [0.25, 0.3) is 10.9 Å². The van der Waals surface area contributed by atoms with Gasteiger partial charge in [0, 0.05) is 49.0 Å². The Kier molecular flexibility index (Phi) is 5.35. The van der Waals surface area contributed by atoms with E-state index in [0.29, 0.717) is 30.1 Å². The highest BCUT2D eigenvalue weighted by Gasteiger charge is 2.15. The zero-order valence-electron chi connectivity index (χ0n) is 12.9. The second-order valence-corrected chi connectivity index (χ2v) is 5.73. The minimum absolute atomic E-state index is 0.175. The SMILES string of the molecule is Fc1cc(F)c2nccc(NCCCOCC3CCOC3)c2c1. The Balaban J connectivity index is 1.49. The Morgan fingerprint density at radius 2 is 2.26 bits per heavy atom. The molecular formula is C17H20F2N2O2. The lowest BCUT2D eigenvalue weighted by Gasteiger charge is -2.11. The number of anilines is 1. The highest BCUT2D eigenvalue weighted by Crippen LogP contribution is 2.24. The van der Waals surface area contributed by atoms with E-state index in [-0.39, 0.29) is 5.52 Å². The van der Waals surface area contributed by atoms with Crippen LogP contribution in [-0.2, 0) is 9.47 Å². The molecule has 6 heteroatoms. The van der Waals surface area contributed by atoms with Gasteiger partial charge in [-0.3, -0.25) is 4.98 Å². The predicted octanol–water partition coefficient (Wildman–Crippen LogP) is 3.37. The average molecular weight is 322 g/mol. The first-order chi connectivity index (χ1) is 11.2. The Bertz CT molecular complexity index is 660. The van der Waals surface area contributed by atoms with Crippen LogP contribution in [0.4, 0.5) is 14.5 Å². The summed E-state index contributed by atoms with van der Waals surface area (Å²) in [6.07, 6.45) is 3.40. The molecular weight excluding hydrogens is 302 g/mol. The summed E-state index contributed by atoms with van der Waals surface area (Å²) in [6.45, 7) is 3.67. The number of nitrogens with zero attached hydrogens (tertiary/aromatic N) is 1. The van der Waals surface area contributed by atoms with Gasteiger partial charge in [-0.1, -0.05) is 0 Å². The first-order valence-corrected chi connectivity index (χ1v) is 7.87. The van der Waals surface area contributed by atoms with Crippen molar-refractivity contribution in [2.45, 2.75) is 12.8 Å². The van der Waals surface area contributed by atoms with Gasteiger partial charge in [0.2, 0.25) is 0 Å². The van der Waals surface area contributed by atoms with Crippen LogP contribution in [-0.4, -0.2) is 38.0 Å². The molecule has 124 valence electrons. The minimum Gasteiger partial charge on any atom is -0.384 e. The standard InChI is InChI=1S/C17H20F2N2O2/c18-13-8-14-16(2-5-21-17(14)15(19)9-13)20-4-1-6-22-10-12-3-7-23-11-12/h2,5,8-9,12H,1,3-4,6-7,10-11H2,(H,20,21). The lowest BCUT2D eigenvalue weighted by molar-refractivity contribution is 0.0897. The Labute approximate surface area is 133 Å². The summed E-state index contributed by atoms with van der Waals surface area (Å²) in [6, 6.07) is 3.86. The van der Waals surface area contributed by atoms with Crippen molar-refractivity contribution in [1.82, 2.24) is 4.98 Å². The van der Waals surface area contributed by atoms with Crippen LogP contribution in [0.3, 0.4) is 0 Å². The number of benzene rings is 1. The second-order valence-electron chi connectivity index (χ2n) is 5.73. The van der Waals surface area contributed by atoms with Crippen molar-refractivity contribution in [1.29, 1.82) is 0 Å². The molecule has 1 aromatic carbocycles. The third kappa shape index (κ3) is 4.14. The summed E-state index contributed by atoms with van der Waals surface area (Å²) in [5.41, 5.74) is 0.853. The van der Waals surface area contributed by atoms with Crippen LogP contribution in [0.15, 0.2) is 24.4 Å². The van der Waals surface area contributed by atoms with E-state index in [0.717, 1.165) is 38.7 Å². The second kappa shape index (κ2) is 7.66. The van der Waals surface area contributed by atoms with E-state index >= 15 is 0 Å². The predicted molar refractivity (Wildman–Crippen MR) is 84.5 cm³/mol. The summed E-state index contributed by atoms with van der Waals surface area (Å²) in [5, 5.41) is 3.65. The molecule has 3 rings (SSSR count). The third-order valence-corrected chi connectivity index (χ3v) is 3.92. The fraction of sp³-hybridized carbons (Fsp3) is 0.471. The molecule has 4 nitrogen and oxygen atoms in total. The molecule has 1 saturated heterocycles. The number of hydrogen-bond acceptors (Lipinski definition) is 4. The summed E-state index contributed by atoms with van der Waals surface area (Å²) in [5.74, 6) is -0.739. The van der Waals surface area contributed by atoms with Crippen molar-refractivity contribution in [2.24, 2.45) is 5.92 Å². The van der Waals surface area contributed by atoms with Crippen LogP contribution in [0.1, 0.15) is 12.8 Å². The normalized spacial score (nSPS) is 17.7. The first kappa shape index (κ1) is 16.1. The van der Waals surface area contributed by atoms with Gasteiger partial charge < -0.3 is 14.8 Å². The van der Waals surface area contributed by atoms with Gasteiger partial charge >= 0.3 is 0 Å². The molecule has 2 heterocycles. The van der Waals surface area contributed by atoms with E-state index in [1.807, 2.05) is 0 Å². The van der Waals surface area contributed by atoms with E-state index in [2.05, 4.69) is 10.3 Å². The third-order valence-electron chi connectivity index (χ3n) is 3.92. The summed E-state index contributed by atoms with van der Waals surface area (Å²) >= 11 is 0. The molecule has 0 bridgehead atoms. The highest BCUT2D eigenvalue weighted by molar-refractivity contribution is 5.91. The number of hydrogen-bond donors (Lipinski definition) is 1. The zero-order valence-corrected chi connectivity index (χ0v) is 12.9. The number of aromatic nitrogens is 1. The monoisotopic (exact) mass is 322 g/mol. The van der Waals surface area contributed by atoms with Gasteiger partial charge in [0.15, 0.2) is 5.82 Å². The number of ether oxygens (including phenoxy) is 2. The largest absolute Gasteiger partial charge is 0.384 e. The summed E-state index contributed by atoms with van der Waals surface area (Å²) in [4.78, 5) is 3.97. The number of nitrogens with one attached hydrogen (secondary N) is 1. The Morgan fingerprint density at radius 1 is 1.35 bits per heavy atom. The van der Waals surface area contributed by atoms with Gasteiger partial charge in [-0.15, -0.1) is 0 Å². The molecule has 0 spiro atoms. The molecule has 0 amide bonds. The summed E-state index contributed by atoms with van der Waals surface area (Å²) < 4.78 is 38.0. The van der Waals surface area contributed by atoms with Crippen molar-refractivity contribution >= 4 is 16.6 Å². The lowest BCUT2D eigenvalue weighted by Crippen LogP contribution is -2.12. The molecule has 1 aliphatic rings. The number of halogens is 2. The van der Waals surface area contributed by atoms with Crippen LogP contribution in [0.5, 0.6) is 0 Å². The molecule has 0 aliphatic carbocycles. The zero-order chi connectivity index (χ0) is 16.1. The molecule has 1 aliphatic heterocycles. The number of pyridine rings is 1. The Morgan fingerprint density at radius 3 is 3.09 bits per heavy atom. The van der Waals surface area contributed by atoms with E-state index in [4.69, 9.17) is 9.47 Å². The molecule has 2 aromatic rings. The molecule has 1 atom stereocenters. The lowest BCUT2D eigenvalue weighted by atomic mass is 10.1. The van der Waals surface area contributed by atoms with Crippen molar-refractivity contribution < 1.29 is 18.3 Å². The quantitative estimate of drug-likeness (QED) is 0.794. The topological polar surface area (TPSA) is 43.4 Å². The van der Waals surface area contributed by atoms with Crippen LogP contribution >= 0.6 is 0 Å². The average Bonchev–Trinajstić information content (AvgIpc) is 3.04. The van der Waals surface area contributed by atoms with Gasteiger partial charge in [0.1, 0.15) is 11.3 Å². The van der Waals surface area contributed by atoms with Crippen molar-refractivity contribution in [2.75, 3.05) is 38.3 Å². The van der Waals surface area contributed by atoms with E-state index in [1.165, 1.54) is 12.3 Å². The van der Waals surface area contributed by atoms with Gasteiger partial charge in [-0.05, 0) is 25.0 Å². The van der Waals surface area contributed by atoms with Crippen molar-refractivity contribution in [3.63, 3.8) is 0 Å². The van der Waals surface area contributed by atoms with Gasteiger partial charge in [0.05, 0.1) is 13.2 Å². The number of rotatable bonds is 7. The molecule has 1 fully saturated rings. The molecule has 0 saturated carbocycles. The Hall–Kier alpha value is -1.79. The maximum Gasteiger partial charge on any atom is 0.152 e. The highest BCUT2D eigenvalue weighted by atomic mass is 19.1. The minimum atomic E-state index is -0.647. The van der Waals surface area contributed by atoms with Crippen LogP contribution in [0.2, 0.25) is 0 Å². The van der Waals surface area contributed by atoms with Crippen LogP contribution in [0, 0.1) is 17.6 Å². The molecule has 1 aromatic heterocycles. The first-order valence-electron chi connectivity index (χ1n) is 7.87. The summed E-state index contributed by atoms with van der Waals surface area (Å²) in [7, 11) is 0. The molecule has 1 N–H and O–H groups in total. The van der Waals surface area contributed by atoms with E-state index in [9.17, 15) is 8.78 Å². The van der Waals surface area contributed by atoms with Crippen molar-refractivity contribution in [3.8, 4) is 0 Å². The molecule has 1 unspecified atom stereocenters. The van der Waals surface area contributed by atoms with E-state index < -0.39 is 11.6 Å². The smallest absolute Gasteiger partial charge is 0.152 e. The maximum atomic E-state index is 13.7. The molecule has 23 heavy (non-hydrogen) atoms. The molecule has 0 radical (unpaired) electrons. The fourth-order valence-electron chi connectivity index (χ4n) is 2.69. The number of fused-ring (bicyclic) bond motifs is 1. The van der Waals surface area contributed by atoms with Gasteiger partial charge in [-0.25, -0.2) is 8.78 Å². The fourth-order valence-corrected chi connectivity index (χ4v) is 2.69.